The SMILES string of the molecule is CCOc1ccc(C2C(CN)OCCN2C)cc1. The van der Waals surface area contributed by atoms with Crippen LogP contribution in [0.1, 0.15) is 18.5 Å². The quantitative estimate of drug-likeness (QED) is 0.878. The maximum absolute atomic E-state index is 5.79. The highest BCUT2D eigenvalue weighted by atomic mass is 16.5. The molecule has 1 aromatic carbocycles. The average Bonchev–Trinajstić information content (AvgIpc) is 2.40. The van der Waals surface area contributed by atoms with Crippen molar-refractivity contribution in [2.24, 2.45) is 5.73 Å². The van der Waals surface area contributed by atoms with Gasteiger partial charge in [0.25, 0.3) is 0 Å². The summed E-state index contributed by atoms with van der Waals surface area (Å²) in [6.45, 7) is 4.92. The fourth-order valence-electron chi connectivity index (χ4n) is 2.46. The Balaban J connectivity index is 2.16. The molecule has 1 saturated heterocycles. The monoisotopic (exact) mass is 250 g/mol. The van der Waals surface area contributed by atoms with Gasteiger partial charge in [-0.3, -0.25) is 4.90 Å². The molecule has 0 aromatic heterocycles. The summed E-state index contributed by atoms with van der Waals surface area (Å²) in [5.74, 6) is 0.907. The van der Waals surface area contributed by atoms with Crippen molar-refractivity contribution in [3.8, 4) is 5.75 Å². The van der Waals surface area contributed by atoms with Gasteiger partial charge >= 0.3 is 0 Å². The van der Waals surface area contributed by atoms with E-state index in [0.717, 1.165) is 18.9 Å². The zero-order chi connectivity index (χ0) is 13.0. The van der Waals surface area contributed by atoms with Crippen molar-refractivity contribution in [2.75, 3.05) is 33.4 Å². The number of likely N-dealkylation sites (N-methyl/N-ethyl adjacent to an activating group) is 1. The molecule has 2 atom stereocenters. The molecule has 0 radical (unpaired) electrons. The molecule has 2 rings (SSSR count). The third kappa shape index (κ3) is 2.83. The topological polar surface area (TPSA) is 47.7 Å². The number of nitrogens with zero attached hydrogens (tertiary/aromatic N) is 1. The molecule has 2 unspecified atom stereocenters. The van der Waals surface area contributed by atoms with Crippen molar-refractivity contribution < 1.29 is 9.47 Å². The number of rotatable bonds is 4. The number of nitrogens with two attached hydrogens (primary N) is 1. The second-order valence-corrected chi connectivity index (χ2v) is 4.57. The molecule has 100 valence electrons. The summed E-state index contributed by atoms with van der Waals surface area (Å²) in [5, 5.41) is 0. The van der Waals surface area contributed by atoms with Gasteiger partial charge in [0.05, 0.1) is 25.4 Å². The van der Waals surface area contributed by atoms with Gasteiger partial charge in [-0.05, 0) is 31.7 Å². The number of benzene rings is 1. The van der Waals surface area contributed by atoms with E-state index in [9.17, 15) is 0 Å². The molecule has 1 aliphatic rings. The molecular formula is C14H22N2O2. The third-order valence-electron chi connectivity index (χ3n) is 3.37. The van der Waals surface area contributed by atoms with Crippen LogP contribution in [0.5, 0.6) is 5.75 Å². The Morgan fingerprint density at radius 3 is 2.72 bits per heavy atom. The molecule has 4 nitrogen and oxygen atoms in total. The highest BCUT2D eigenvalue weighted by molar-refractivity contribution is 5.30. The normalized spacial score (nSPS) is 25.1. The van der Waals surface area contributed by atoms with Crippen LogP contribution in [-0.4, -0.2) is 44.4 Å². The van der Waals surface area contributed by atoms with E-state index in [2.05, 4.69) is 24.1 Å². The average molecular weight is 250 g/mol. The lowest BCUT2D eigenvalue weighted by Crippen LogP contribution is -2.46. The van der Waals surface area contributed by atoms with E-state index >= 15 is 0 Å². The minimum atomic E-state index is 0.0710. The number of ether oxygens (including phenoxy) is 2. The van der Waals surface area contributed by atoms with Gasteiger partial charge in [-0.25, -0.2) is 0 Å². The molecule has 1 heterocycles. The Hall–Kier alpha value is -1.10. The van der Waals surface area contributed by atoms with Crippen molar-refractivity contribution in [1.29, 1.82) is 0 Å². The zero-order valence-electron chi connectivity index (χ0n) is 11.1. The molecule has 0 aliphatic carbocycles. The summed E-state index contributed by atoms with van der Waals surface area (Å²) in [6, 6.07) is 8.45. The first-order chi connectivity index (χ1) is 8.76. The molecule has 1 fully saturated rings. The van der Waals surface area contributed by atoms with Gasteiger partial charge in [-0.1, -0.05) is 12.1 Å². The van der Waals surface area contributed by atoms with Crippen LogP contribution in [0.15, 0.2) is 24.3 Å². The van der Waals surface area contributed by atoms with Crippen molar-refractivity contribution in [3.63, 3.8) is 0 Å². The summed E-state index contributed by atoms with van der Waals surface area (Å²) in [4.78, 5) is 2.30. The smallest absolute Gasteiger partial charge is 0.119 e. The van der Waals surface area contributed by atoms with Crippen LogP contribution in [0.25, 0.3) is 0 Å². The Labute approximate surface area is 109 Å². The molecule has 18 heavy (non-hydrogen) atoms. The Kier molecular flexibility index (Phi) is 4.58. The number of morpholine rings is 1. The first-order valence-electron chi connectivity index (χ1n) is 6.51. The molecule has 1 aromatic rings. The molecule has 1 aliphatic heterocycles. The van der Waals surface area contributed by atoms with Crippen LogP contribution in [0.2, 0.25) is 0 Å². The van der Waals surface area contributed by atoms with Crippen LogP contribution in [0.4, 0.5) is 0 Å². The minimum absolute atomic E-state index is 0.0710. The fraction of sp³-hybridized carbons (Fsp3) is 0.571. The van der Waals surface area contributed by atoms with Gasteiger partial charge < -0.3 is 15.2 Å². The van der Waals surface area contributed by atoms with Crippen molar-refractivity contribution in [3.05, 3.63) is 29.8 Å². The molecule has 0 bridgehead atoms. The van der Waals surface area contributed by atoms with Gasteiger partial charge in [0, 0.05) is 13.1 Å². The Bertz CT molecular complexity index is 367. The van der Waals surface area contributed by atoms with Crippen LogP contribution < -0.4 is 10.5 Å². The molecular weight excluding hydrogens is 228 g/mol. The van der Waals surface area contributed by atoms with Crippen molar-refractivity contribution in [1.82, 2.24) is 4.90 Å². The maximum Gasteiger partial charge on any atom is 0.119 e. The van der Waals surface area contributed by atoms with E-state index in [1.165, 1.54) is 5.56 Å². The molecule has 0 spiro atoms. The predicted molar refractivity (Wildman–Crippen MR) is 71.8 cm³/mol. The Morgan fingerprint density at radius 1 is 1.39 bits per heavy atom. The number of hydrogen-bond acceptors (Lipinski definition) is 4. The first kappa shape index (κ1) is 13.3. The van der Waals surface area contributed by atoms with Gasteiger partial charge in [0.1, 0.15) is 5.75 Å². The van der Waals surface area contributed by atoms with E-state index in [1.807, 2.05) is 19.1 Å². The van der Waals surface area contributed by atoms with E-state index in [4.69, 9.17) is 15.2 Å². The summed E-state index contributed by atoms with van der Waals surface area (Å²) >= 11 is 0. The number of hydrogen-bond donors (Lipinski definition) is 1. The standard InChI is InChI=1S/C14H22N2O2/c1-3-17-12-6-4-11(5-7-12)14-13(10-15)18-9-8-16(14)2/h4-7,13-14H,3,8-10,15H2,1-2H3. The summed E-state index contributed by atoms with van der Waals surface area (Å²) in [5.41, 5.74) is 7.03. The lowest BCUT2D eigenvalue weighted by molar-refractivity contribution is -0.0576. The Morgan fingerprint density at radius 2 is 2.11 bits per heavy atom. The highest BCUT2D eigenvalue weighted by Crippen LogP contribution is 2.29. The summed E-state index contributed by atoms with van der Waals surface area (Å²) < 4.78 is 11.2. The predicted octanol–water partition coefficient (Wildman–Crippen LogP) is 1.42. The van der Waals surface area contributed by atoms with E-state index < -0.39 is 0 Å². The fourth-order valence-corrected chi connectivity index (χ4v) is 2.46. The van der Waals surface area contributed by atoms with Crippen LogP contribution >= 0.6 is 0 Å². The molecule has 0 saturated carbocycles. The summed E-state index contributed by atoms with van der Waals surface area (Å²) in [6.07, 6.45) is 0.0710. The summed E-state index contributed by atoms with van der Waals surface area (Å²) in [7, 11) is 2.12. The maximum atomic E-state index is 5.79. The second-order valence-electron chi connectivity index (χ2n) is 4.57. The molecule has 0 amide bonds. The highest BCUT2D eigenvalue weighted by Gasteiger charge is 2.30. The van der Waals surface area contributed by atoms with Crippen molar-refractivity contribution in [2.45, 2.75) is 19.1 Å². The third-order valence-corrected chi connectivity index (χ3v) is 3.37. The largest absolute Gasteiger partial charge is 0.494 e. The van der Waals surface area contributed by atoms with E-state index in [1.54, 1.807) is 0 Å². The minimum Gasteiger partial charge on any atom is -0.494 e. The van der Waals surface area contributed by atoms with Crippen LogP contribution in [0, 0.1) is 0 Å². The lowest BCUT2D eigenvalue weighted by Gasteiger charge is -2.39. The van der Waals surface area contributed by atoms with Crippen molar-refractivity contribution >= 4 is 0 Å². The van der Waals surface area contributed by atoms with Gasteiger partial charge in [0.15, 0.2) is 0 Å². The van der Waals surface area contributed by atoms with E-state index in [0.29, 0.717) is 13.2 Å². The second kappa shape index (κ2) is 6.18. The van der Waals surface area contributed by atoms with Crippen LogP contribution in [-0.2, 0) is 4.74 Å². The van der Waals surface area contributed by atoms with Gasteiger partial charge in [-0.15, -0.1) is 0 Å². The molecule has 4 heteroatoms. The van der Waals surface area contributed by atoms with Crippen LogP contribution in [0.3, 0.4) is 0 Å². The molecule has 2 N–H and O–H groups in total. The van der Waals surface area contributed by atoms with Gasteiger partial charge in [-0.2, -0.15) is 0 Å². The van der Waals surface area contributed by atoms with Gasteiger partial charge in [0.2, 0.25) is 0 Å². The first-order valence-corrected chi connectivity index (χ1v) is 6.51. The van der Waals surface area contributed by atoms with E-state index in [-0.39, 0.29) is 12.1 Å². The lowest BCUT2D eigenvalue weighted by atomic mass is 9.98. The zero-order valence-corrected chi connectivity index (χ0v) is 11.1.